The number of thioether (sulfide) groups is 1. The summed E-state index contributed by atoms with van der Waals surface area (Å²) in [6.45, 7) is 4.65. The highest BCUT2D eigenvalue weighted by Crippen LogP contribution is 2.37. The molecule has 1 unspecified atom stereocenters. The van der Waals surface area contributed by atoms with E-state index in [2.05, 4.69) is 35.3 Å². The first-order chi connectivity index (χ1) is 10.1. The zero-order chi connectivity index (χ0) is 14.9. The van der Waals surface area contributed by atoms with Gasteiger partial charge in [0.05, 0.1) is 10.7 Å². The van der Waals surface area contributed by atoms with E-state index in [1.54, 1.807) is 11.0 Å². The predicted octanol–water partition coefficient (Wildman–Crippen LogP) is 3.86. The molecule has 0 amide bonds. The molecular formula is C15H19ClN4S. The number of anilines is 1. The molecule has 0 saturated carbocycles. The van der Waals surface area contributed by atoms with Gasteiger partial charge in [0, 0.05) is 11.8 Å². The topological polar surface area (TPSA) is 42.7 Å². The van der Waals surface area contributed by atoms with Gasteiger partial charge in [0.15, 0.2) is 0 Å². The average molecular weight is 323 g/mol. The van der Waals surface area contributed by atoms with Crippen molar-refractivity contribution in [2.75, 3.05) is 16.8 Å². The van der Waals surface area contributed by atoms with E-state index in [9.17, 15) is 0 Å². The largest absolute Gasteiger partial charge is 0.379 e. The zero-order valence-corrected chi connectivity index (χ0v) is 13.8. The molecule has 1 aromatic carbocycles. The summed E-state index contributed by atoms with van der Waals surface area (Å²) in [6.07, 6.45) is 4.41. The van der Waals surface area contributed by atoms with Crippen LogP contribution in [0.5, 0.6) is 0 Å². The Morgan fingerprint density at radius 1 is 1.43 bits per heavy atom. The highest BCUT2D eigenvalue weighted by atomic mass is 35.5. The van der Waals surface area contributed by atoms with Crippen LogP contribution in [-0.2, 0) is 0 Å². The Labute approximate surface area is 134 Å². The van der Waals surface area contributed by atoms with E-state index in [0.717, 1.165) is 17.1 Å². The molecule has 2 heterocycles. The lowest BCUT2D eigenvalue weighted by Crippen LogP contribution is -2.41. The summed E-state index contributed by atoms with van der Waals surface area (Å²) < 4.78 is 1.72. The summed E-state index contributed by atoms with van der Waals surface area (Å²) in [7, 11) is 0. The molecule has 1 N–H and O–H groups in total. The molecule has 0 aliphatic carbocycles. The van der Waals surface area contributed by atoms with E-state index in [1.807, 2.05) is 23.9 Å². The summed E-state index contributed by atoms with van der Waals surface area (Å²) in [4.78, 5) is 4.02. The van der Waals surface area contributed by atoms with Crippen LogP contribution in [0.25, 0.3) is 5.69 Å². The molecule has 1 fully saturated rings. The Hall–Kier alpha value is -1.20. The molecule has 3 rings (SSSR count). The van der Waals surface area contributed by atoms with Crippen molar-refractivity contribution in [3.8, 4) is 5.69 Å². The lowest BCUT2D eigenvalue weighted by Gasteiger charge is -2.39. The fraction of sp³-hybridized carbons (Fsp3) is 0.467. The molecule has 6 heteroatoms. The number of aromatic nitrogens is 3. The lowest BCUT2D eigenvalue weighted by molar-refractivity contribution is 0.305. The van der Waals surface area contributed by atoms with Crippen molar-refractivity contribution in [1.29, 1.82) is 0 Å². The van der Waals surface area contributed by atoms with E-state index in [-0.39, 0.29) is 5.41 Å². The Morgan fingerprint density at radius 3 is 3.00 bits per heavy atom. The lowest BCUT2D eigenvalue weighted by atomic mass is 9.82. The highest BCUT2D eigenvalue weighted by molar-refractivity contribution is 7.99. The maximum atomic E-state index is 6.38. The van der Waals surface area contributed by atoms with Gasteiger partial charge in [-0.15, -0.1) is 0 Å². The van der Waals surface area contributed by atoms with Crippen LogP contribution in [0, 0.1) is 5.41 Å². The van der Waals surface area contributed by atoms with Crippen molar-refractivity contribution in [3.05, 3.63) is 35.9 Å². The third-order valence-corrected chi connectivity index (χ3v) is 5.45. The molecule has 0 bridgehead atoms. The van der Waals surface area contributed by atoms with E-state index in [1.165, 1.54) is 18.5 Å². The molecule has 2 aromatic rings. The highest BCUT2D eigenvalue weighted by Gasteiger charge is 2.33. The first kappa shape index (κ1) is 14.7. The smallest absolute Gasteiger partial charge is 0.138 e. The predicted molar refractivity (Wildman–Crippen MR) is 89.5 cm³/mol. The number of para-hydroxylation sites is 1. The molecule has 1 saturated heterocycles. The molecule has 0 radical (unpaired) electrons. The van der Waals surface area contributed by atoms with Crippen LogP contribution in [0.1, 0.15) is 20.3 Å². The molecule has 0 spiro atoms. The molecule has 4 nitrogen and oxygen atoms in total. The minimum absolute atomic E-state index is 0.271. The van der Waals surface area contributed by atoms with Gasteiger partial charge in [-0.1, -0.05) is 31.5 Å². The van der Waals surface area contributed by atoms with Crippen LogP contribution < -0.4 is 5.32 Å². The molecule has 1 aliphatic heterocycles. The molecule has 21 heavy (non-hydrogen) atoms. The number of nitrogens with zero attached hydrogens (tertiary/aromatic N) is 3. The fourth-order valence-corrected chi connectivity index (χ4v) is 4.42. The summed E-state index contributed by atoms with van der Waals surface area (Å²) in [5, 5.41) is 8.56. The molecule has 112 valence electrons. The third-order valence-electron chi connectivity index (χ3n) is 4.08. The van der Waals surface area contributed by atoms with Crippen LogP contribution in [0.2, 0.25) is 5.02 Å². The first-order valence-corrected chi connectivity index (χ1v) is 8.59. The summed E-state index contributed by atoms with van der Waals surface area (Å²) in [5.74, 6) is 2.34. The Kier molecular flexibility index (Phi) is 4.13. The third kappa shape index (κ3) is 3.04. The van der Waals surface area contributed by atoms with Crippen molar-refractivity contribution in [3.63, 3.8) is 0 Å². The normalized spacial score (nSPS) is 21.2. The van der Waals surface area contributed by atoms with E-state index in [4.69, 9.17) is 11.6 Å². The van der Waals surface area contributed by atoms with Crippen molar-refractivity contribution in [1.82, 2.24) is 14.8 Å². The van der Waals surface area contributed by atoms with Crippen molar-refractivity contribution >= 4 is 29.1 Å². The Bertz CT molecular complexity index is 612. The SMILES string of the molecule is CC1(C)CCSCC1Nc1cccc(Cl)c1-n1cncn1. The molecule has 1 aromatic heterocycles. The Morgan fingerprint density at radius 2 is 2.29 bits per heavy atom. The summed E-state index contributed by atoms with van der Waals surface area (Å²) in [6, 6.07) is 6.31. The van der Waals surface area contributed by atoms with Crippen LogP contribution in [0.3, 0.4) is 0 Å². The standard InChI is InChI=1S/C15H19ClN4S/c1-15(2)6-7-21-8-13(15)19-12-5-3-4-11(16)14(12)20-10-17-9-18-20/h3-5,9-10,13,19H,6-8H2,1-2H3. The fourth-order valence-electron chi connectivity index (χ4n) is 2.55. The monoisotopic (exact) mass is 322 g/mol. The van der Waals surface area contributed by atoms with Crippen LogP contribution >= 0.6 is 23.4 Å². The minimum Gasteiger partial charge on any atom is -0.379 e. The number of hydrogen-bond acceptors (Lipinski definition) is 4. The van der Waals surface area contributed by atoms with Crippen molar-refractivity contribution < 1.29 is 0 Å². The van der Waals surface area contributed by atoms with Crippen molar-refractivity contribution in [2.45, 2.75) is 26.3 Å². The Balaban J connectivity index is 1.94. The summed E-state index contributed by atoms with van der Waals surface area (Å²) in [5.41, 5.74) is 2.14. The molecular weight excluding hydrogens is 304 g/mol. The second kappa shape index (κ2) is 5.89. The number of rotatable bonds is 3. The maximum absolute atomic E-state index is 6.38. The maximum Gasteiger partial charge on any atom is 0.138 e. The average Bonchev–Trinajstić information content (AvgIpc) is 2.95. The van der Waals surface area contributed by atoms with Crippen molar-refractivity contribution in [2.24, 2.45) is 5.41 Å². The molecule has 1 aliphatic rings. The minimum atomic E-state index is 0.271. The van der Waals surface area contributed by atoms with Gasteiger partial charge < -0.3 is 5.32 Å². The second-order valence-electron chi connectivity index (χ2n) is 5.99. The van der Waals surface area contributed by atoms with Gasteiger partial charge in [0.1, 0.15) is 18.3 Å². The number of nitrogens with one attached hydrogen (secondary N) is 1. The van der Waals surface area contributed by atoms with Crippen LogP contribution in [0.15, 0.2) is 30.9 Å². The van der Waals surface area contributed by atoms with Gasteiger partial charge in [-0.3, -0.25) is 0 Å². The second-order valence-corrected chi connectivity index (χ2v) is 7.54. The number of hydrogen-bond donors (Lipinski definition) is 1. The van der Waals surface area contributed by atoms with E-state index >= 15 is 0 Å². The van der Waals surface area contributed by atoms with Gasteiger partial charge in [-0.2, -0.15) is 16.9 Å². The van der Waals surface area contributed by atoms with Gasteiger partial charge in [-0.05, 0) is 29.7 Å². The quantitative estimate of drug-likeness (QED) is 0.931. The van der Waals surface area contributed by atoms with Gasteiger partial charge >= 0.3 is 0 Å². The number of halogens is 1. The van der Waals surface area contributed by atoms with E-state index < -0.39 is 0 Å². The van der Waals surface area contributed by atoms with Gasteiger partial charge in [0.2, 0.25) is 0 Å². The van der Waals surface area contributed by atoms with Gasteiger partial charge in [-0.25, -0.2) is 9.67 Å². The summed E-state index contributed by atoms with van der Waals surface area (Å²) >= 11 is 8.38. The zero-order valence-electron chi connectivity index (χ0n) is 12.2. The number of benzene rings is 1. The van der Waals surface area contributed by atoms with E-state index in [0.29, 0.717) is 11.1 Å². The van der Waals surface area contributed by atoms with Crippen LogP contribution in [0.4, 0.5) is 5.69 Å². The van der Waals surface area contributed by atoms with Crippen LogP contribution in [-0.4, -0.2) is 32.3 Å². The first-order valence-electron chi connectivity index (χ1n) is 7.06. The molecule has 1 atom stereocenters. The van der Waals surface area contributed by atoms with Gasteiger partial charge in [0.25, 0.3) is 0 Å².